The first-order valence-corrected chi connectivity index (χ1v) is 13.0. The van der Waals surface area contributed by atoms with Gasteiger partial charge in [0, 0.05) is 24.5 Å². The number of nitrogens with one attached hydrogen (secondary N) is 4. The van der Waals surface area contributed by atoms with Crippen LogP contribution in [0.4, 0.5) is 11.4 Å². The Morgan fingerprint density at radius 2 is 1.20 bits per heavy atom. The number of carbonyl (C=O) groups is 4. The third kappa shape index (κ3) is 11.4. The molecule has 4 N–H and O–H groups in total. The smallest absolute Gasteiger partial charge is 0.313 e. The third-order valence-corrected chi connectivity index (χ3v) is 6.35. The van der Waals surface area contributed by atoms with E-state index < -0.39 is 23.6 Å². The minimum Gasteiger partial charge on any atom is -0.348 e. The molecule has 2 unspecified atom stereocenters. The van der Waals surface area contributed by atoms with Crippen molar-refractivity contribution < 1.29 is 19.2 Å². The van der Waals surface area contributed by atoms with E-state index >= 15 is 0 Å². The molecule has 0 aliphatic carbocycles. The van der Waals surface area contributed by atoms with Crippen LogP contribution in [-0.2, 0) is 19.2 Å². The van der Waals surface area contributed by atoms with Gasteiger partial charge < -0.3 is 21.3 Å². The van der Waals surface area contributed by atoms with E-state index in [0.717, 1.165) is 56.9 Å². The maximum absolute atomic E-state index is 12.4. The Hall–Kier alpha value is -2.90. The average Bonchev–Trinajstić information content (AvgIpc) is 2.85. The summed E-state index contributed by atoms with van der Waals surface area (Å²) in [6, 6.07) is 4.89. The molecule has 2 atom stereocenters. The summed E-state index contributed by atoms with van der Waals surface area (Å²) in [4.78, 5) is 49.2. The molecule has 0 bridgehead atoms. The molecule has 8 nitrogen and oxygen atoms in total. The van der Waals surface area contributed by atoms with Crippen LogP contribution in [0, 0.1) is 18.8 Å². The maximum atomic E-state index is 12.4. The van der Waals surface area contributed by atoms with Crippen molar-refractivity contribution in [2.24, 2.45) is 11.8 Å². The summed E-state index contributed by atoms with van der Waals surface area (Å²) < 4.78 is 0. The number of unbranched alkanes of at least 4 members (excludes halogenated alkanes) is 2. The van der Waals surface area contributed by atoms with Gasteiger partial charge >= 0.3 is 23.6 Å². The lowest BCUT2D eigenvalue weighted by molar-refractivity contribution is -0.136. The van der Waals surface area contributed by atoms with Crippen LogP contribution < -0.4 is 21.3 Å². The summed E-state index contributed by atoms with van der Waals surface area (Å²) >= 11 is 0. The van der Waals surface area contributed by atoms with Crippen LogP contribution >= 0.6 is 0 Å². The third-order valence-electron chi connectivity index (χ3n) is 6.35. The van der Waals surface area contributed by atoms with Crippen molar-refractivity contribution in [3.05, 3.63) is 23.8 Å². The Morgan fingerprint density at radius 3 is 1.66 bits per heavy atom. The Bertz CT molecular complexity index is 840. The zero-order chi connectivity index (χ0) is 26.2. The van der Waals surface area contributed by atoms with Gasteiger partial charge in [-0.3, -0.25) is 19.2 Å². The minimum absolute atomic E-state index is 0.345. The first-order valence-electron chi connectivity index (χ1n) is 13.0. The Balaban J connectivity index is 2.65. The molecule has 4 amide bonds. The van der Waals surface area contributed by atoms with Crippen LogP contribution in [0.5, 0.6) is 0 Å². The Kier molecular flexibility index (Phi) is 14.4. The van der Waals surface area contributed by atoms with Crippen molar-refractivity contribution in [1.29, 1.82) is 0 Å². The summed E-state index contributed by atoms with van der Waals surface area (Å²) in [5.74, 6) is -2.24. The van der Waals surface area contributed by atoms with Crippen LogP contribution in [0.3, 0.4) is 0 Å². The number of amides is 4. The number of hydrogen-bond donors (Lipinski definition) is 4. The Morgan fingerprint density at radius 1 is 0.714 bits per heavy atom. The van der Waals surface area contributed by atoms with Crippen molar-refractivity contribution in [3.8, 4) is 0 Å². The van der Waals surface area contributed by atoms with E-state index in [1.807, 2.05) is 0 Å². The van der Waals surface area contributed by atoms with Gasteiger partial charge in [-0.2, -0.15) is 0 Å². The largest absolute Gasteiger partial charge is 0.348 e. The number of hydrogen-bond acceptors (Lipinski definition) is 4. The Labute approximate surface area is 210 Å². The quantitative estimate of drug-likeness (QED) is 0.288. The van der Waals surface area contributed by atoms with E-state index in [4.69, 9.17) is 0 Å². The lowest BCUT2D eigenvalue weighted by Crippen LogP contribution is -2.38. The molecule has 0 aromatic heterocycles. The highest BCUT2D eigenvalue weighted by atomic mass is 16.2. The number of rotatable bonds is 14. The SMILES string of the molecule is CCCCC(CC)CNC(=O)C(=O)Nc1ccc(C)c(NC(=O)C(=O)NCC(CC)CCCC)c1. The molecule has 0 fully saturated rings. The summed E-state index contributed by atoms with van der Waals surface area (Å²) in [6.45, 7) is 11.1. The van der Waals surface area contributed by atoms with Gasteiger partial charge in [-0.05, 0) is 49.3 Å². The first kappa shape index (κ1) is 30.1. The van der Waals surface area contributed by atoms with Gasteiger partial charge in [-0.25, -0.2) is 0 Å². The van der Waals surface area contributed by atoms with E-state index in [9.17, 15) is 19.2 Å². The summed E-state index contributed by atoms with van der Waals surface area (Å²) in [6.07, 6.45) is 8.28. The highest BCUT2D eigenvalue weighted by Crippen LogP contribution is 2.20. The van der Waals surface area contributed by atoms with Gasteiger partial charge in [-0.1, -0.05) is 72.3 Å². The molecule has 0 radical (unpaired) electrons. The average molecular weight is 489 g/mol. The lowest BCUT2D eigenvalue weighted by Gasteiger charge is -2.16. The predicted molar refractivity (Wildman–Crippen MR) is 141 cm³/mol. The molecule has 0 aliphatic heterocycles. The van der Waals surface area contributed by atoms with Crippen molar-refractivity contribution in [2.45, 2.75) is 86.0 Å². The normalized spacial score (nSPS) is 12.4. The number of aryl methyl sites for hydroxylation is 1. The van der Waals surface area contributed by atoms with Crippen LogP contribution in [-0.4, -0.2) is 36.7 Å². The summed E-state index contributed by atoms with van der Waals surface area (Å²) in [7, 11) is 0. The van der Waals surface area contributed by atoms with Crippen molar-refractivity contribution >= 4 is 35.0 Å². The van der Waals surface area contributed by atoms with Gasteiger partial charge in [-0.15, -0.1) is 0 Å². The van der Waals surface area contributed by atoms with Gasteiger partial charge in [0.05, 0.1) is 0 Å². The van der Waals surface area contributed by atoms with E-state index in [2.05, 4.69) is 49.0 Å². The molecule has 0 heterocycles. The highest BCUT2D eigenvalue weighted by molar-refractivity contribution is 6.40. The number of anilines is 2. The molecule has 35 heavy (non-hydrogen) atoms. The van der Waals surface area contributed by atoms with E-state index in [-0.39, 0.29) is 0 Å². The van der Waals surface area contributed by atoms with E-state index in [1.165, 1.54) is 6.07 Å². The molecule has 196 valence electrons. The maximum Gasteiger partial charge on any atom is 0.313 e. The zero-order valence-electron chi connectivity index (χ0n) is 22.1. The fraction of sp³-hybridized carbons (Fsp3) is 0.630. The number of carbonyl (C=O) groups excluding carboxylic acids is 4. The monoisotopic (exact) mass is 488 g/mol. The molecule has 1 aromatic carbocycles. The molecule has 1 rings (SSSR count). The van der Waals surface area contributed by atoms with Crippen LogP contribution in [0.2, 0.25) is 0 Å². The minimum atomic E-state index is -0.771. The molecular weight excluding hydrogens is 444 g/mol. The molecular formula is C27H44N4O4. The van der Waals surface area contributed by atoms with Crippen molar-refractivity contribution in [3.63, 3.8) is 0 Å². The van der Waals surface area contributed by atoms with Crippen LogP contribution in [0.25, 0.3) is 0 Å². The first-order chi connectivity index (χ1) is 16.7. The summed E-state index contributed by atoms with van der Waals surface area (Å²) in [5.41, 5.74) is 1.48. The van der Waals surface area contributed by atoms with Crippen LogP contribution in [0.1, 0.15) is 84.6 Å². The second-order valence-corrected chi connectivity index (χ2v) is 9.19. The predicted octanol–water partition coefficient (Wildman–Crippen LogP) is 4.54. The number of benzene rings is 1. The summed E-state index contributed by atoms with van der Waals surface area (Å²) in [5, 5.41) is 10.6. The fourth-order valence-electron chi connectivity index (χ4n) is 3.72. The lowest BCUT2D eigenvalue weighted by atomic mass is 9.99. The van der Waals surface area contributed by atoms with Gasteiger partial charge in [0.2, 0.25) is 0 Å². The second-order valence-electron chi connectivity index (χ2n) is 9.19. The topological polar surface area (TPSA) is 116 Å². The molecule has 0 aliphatic rings. The highest BCUT2D eigenvalue weighted by Gasteiger charge is 2.18. The molecule has 1 aromatic rings. The van der Waals surface area contributed by atoms with Gasteiger partial charge in [0.25, 0.3) is 0 Å². The van der Waals surface area contributed by atoms with E-state index in [1.54, 1.807) is 19.1 Å². The van der Waals surface area contributed by atoms with Crippen molar-refractivity contribution in [2.75, 3.05) is 23.7 Å². The fourth-order valence-corrected chi connectivity index (χ4v) is 3.72. The molecule has 0 saturated heterocycles. The second kappa shape index (κ2) is 16.7. The molecule has 0 saturated carbocycles. The standard InChI is InChI=1S/C27H44N4O4/c1-6-10-12-20(8-3)17-28-24(32)26(34)30-22-15-14-19(5)23(16-22)31-27(35)25(33)29-18-21(9-4)13-11-7-2/h14-16,20-21H,6-13,17-18H2,1-5H3,(H,28,32)(H,29,33)(H,30,34)(H,31,35). The zero-order valence-corrected chi connectivity index (χ0v) is 22.1. The molecule has 8 heteroatoms. The van der Waals surface area contributed by atoms with Gasteiger partial charge in [0.1, 0.15) is 0 Å². The van der Waals surface area contributed by atoms with Crippen LogP contribution in [0.15, 0.2) is 18.2 Å². The van der Waals surface area contributed by atoms with E-state index in [0.29, 0.717) is 36.3 Å². The van der Waals surface area contributed by atoms with Gasteiger partial charge in [0.15, 0.2) is 0 Å². The molecule has 0 spiro atoms. The van der Waals surface area contributed by atoms with Crippen molar-refractivity contribution in [1.82, 2.24) is 10.6 Å².